The Morgan fingerprint density at radius 2 is 1.83 bits per heavy atom. The molecule has 2 aromatic rings. The van der Waals surface area contributed by atoms with Gasteiger partial charge in [-0.1, -0.05) is 43.9 Å². The van der Waals surface area contributed by atoms with Crippen molar-refractivity contribution >= 4 is 0 Å². The van der Waals surface area contributed by atoms with Crippen molar-refractivity contribution in [1.82, 2.24) is 4.98 Å². The third-order valence-corrected chi connectivity index (χ3v) is 4.97. The zero-order chi connectivity index (χ0) is 17.5. The van der Waals surface area contributed by atoms with Gasteiger partial charge in [-0.2, -0.15) is 0 Å². The van der Waals surface area contributed by atoms with Crippen LogP contribution < -0.4 is 0 Å². The van der Waals surface area contributed by atoms with E-state index in [1.165, 1.54) is 37.7 Å². The number of aromatic nitrogens is 1. The zero-order valence-electron chi connectivity index (χ0n) is 15.8. The molecule has 0 saturated heterocycles. The van der Waals surface area contributed by atoms with Crippen LogP contribution in [0.25, 0.3) is 11.5 Å². The van der Waals surface area contributed by atoms with Crippen LogP contribution in [0.15, 0.2) is 28.7 Å². The Labute approximate surface area is 146 Å². The van der Waals surface area contributed by atoms with Crippen molar-refractivity contribution in [2.75, 3.05) is 7.11 Å². The molecule has 3 nitrogen and oxygen atoms in total. The molecule has 24 heavy (non-hydrogen) atoms. The molecular formula is C21H31NO2. The van der Waals surface area contributed by atoms with E-state index in [1.807, 2.05) is 33.1 Å². The molecule has 3 rings (SSSR count). The van der Waals surface area contributed by atoms with Crippen LogP contribution in [-0.2, 0) is 4.74 Å². The van der Waals surface area contributed by atoms with Gasteiger partial charge in [-0.05, 0) is 51.7 Å². The second kappa shape index (κ2) is 9.03. The monoisotopic (exact) mass is 329 g/mol. The summed E-state index contributed by atoms with van der Waals surface area (Å²) >= 11 is 0. The number of rotatable bonds is 3. The van der Waals surface area contributed by atoms with Crippen molar-refractivity contribution in [2.24, 2.45) is 5.92 Å². The summed E-state index contributed by atoms with van der Waals surface area (Å²) in [5.41, 5.74) is 3.24. The third kappa shape index (κ3) is 5.20. The molecule has 2 atom stereocenters. The Hall–Kier alpha value is -1.61. The molecule has 1 aliphatic rings. The number of oxazole rings is 1. The van der Waals surface area contributed by atoms with Crippen LogP contribution >= 0.6 is 0 Å². The van der Waals surface area contributed by atoms with E-state index in [9.17, 15) is 0 Å². The smallest absolute Gasteiger partial charge is 0.226 e. The number of methoxy groups -OCH3 is 1. The predicted molar refractivity (Wildman–Crippen MR) is 99.2 cm³/mol. The minimum atomic E-state index is 0.568. The Morgan fingerprint density at radius 1 is 1.12 bits per heavy atom. The van der Waals surface area contributed by atoms with Gasteiger partial charge in [0.2, 0.25) is 5.89 Å². The fourth-order valence-corrected chi connectivity index (χ4v) is 3.12. The lowest BCUT2D eigenvalue weighted by Crippen LogP contribution is -2.20. The molecule has 1 aromatic carbocycles. The summed E-state index contributed by atoms with van der Waals surface area (Å²) in [5.74, 6) is 2.54. The van der Waals surface area contributed by atoms with Crippen LogP contribution in [0.4, 0.5) is 0 Å². The van der Waals surface area contributed by atoms with E-state index < -0.39 is 0 Å². The van der Waals surface area contributed by atoms with Gasteiger partial charge < -0.3 is 9.15 Å². The Balaban J connectivity index is 0.000000185. The molecule has 0 spiro atoms. The van der Waals surface area contributed by atoms with Gasteiger partial charge >= 0.3 is 0 Å². The normalized spacial score (nSPS) is 20.4. The van der Waals surface area contributed by atoms with Crippen LogP contribution in [0.1, 0.15) is 56.0 Å². The van der Waals surface area contributed by atoms with Gasteiger partial charge in [-0.15, -0.1) is 0 Å². The topological polar surface area (TPSA) is 35.3 Å². The molecule has 0 bridgehead atoms. The third-order valence-electron chi connectivity index (χ3n) is 4.97. The number of hydrogen-bond donors (Lipinski definition) is 0. The molecule has 3 heteroatoms. The SMILES string of the molecule is CCC1CCCC(OC)C1.Cc1ccc(-c2nc(C)c(C)o2)cc1. The lowest BCUT2D eigenvalue weighted by Gasteiger charge is -2.27. The molecule has 132 valence electrons. The maximum atomic E-state index is 5.53. The standard InChI is InChI=1S/C12H13NO.C9H18O/c1-8-4-6-11(7-5-8)12-13-9(2)10(3)14-12;1-3-8-5-4-6-9(7-8)10-2/h4-7H,1-3H3;8-9H,3-7H2,1-2H3. The molecule has 1 heterocycles. The van der Waals surface area contributed by atoms with Crippen LogP contribution in [0.5, 0.6) is 0 Å². The predicted octanol–water partition coefficient (Wildman–Crippen LogP) is 5.87. The van der Waals surface area contributed by atoms with E-state index in [-0.39, 0.29) is 0 Å². The van der Waals surface area contributed by atoms with Gasteiger partial charge in [0.05, 0.1) is 11.8 Å². The molecular weight excluding hydrogens is 298 g/mol. The van der Waals surface area contributed by atoms with E-state index in [4.69, 9.17) is 9.15 Å². The quantitative estimate of drug-likeness (QED) is 0.706. The van der Waals surface area contributed by atoms with Gasteiger partial charge in [0.1, 0.15) is 5.76 Å². The van der Waals surface area contributed by atoms with Crippen molar-refractivity contribution in [3.63, 3.8) is 0 Å². The number of nitrogens with zero attached hydrogens (tertiary/aromatic N) is 1. The zero-order valence-corrected chi connectivity index (χ0v) is 15.8. The lowest BCUT2D eigenvalue weighted by atomic mass is 9.86. The summed E-state index contributed by atoms with van der Waals surface area (Å²) in [6.07, 6.45) is 7.28. The maximum Gasteiger partial charge on any atom is 0.226 e. The molecule has 0 aliphatic heterocycles. The highest BCUT2D eigenvalue weighted by Gasteiger charge is 2.19. The summed E-state index contributed by atoms with van der Waals surface area (Å²) < 4.78 is 10.9. The van der Waals surface area contributed by atoms with Crippen LogP contribution in [0.3, 0.4) is 0 Å². The van der Waals surface area contributed by atoms with E-state index in [0.29, 0.717) is 12.0 Å². The number of ether oxygens (including phenoxy) is 1. The molecule has 1 aliphatic carbocycles. The average molecular weight is 329 g/mol. The first-order valence-corrected chi connectivity index (χ1v) is 9.07. The average Bonchev–Trinajstić information content (AvgIpc) is 2.95. The summed E-state index contributed by atoms with van der Waals surface area (Å²) in [6.45, 7) is 8.23. The molecule has 0 amide bonds. The molecule has 1 fully saturated rings. The molecule has 0 N–H and O–H groups in total. The van der Waals surface area contributed by atoms with Crippen LogP contribution in [0, 0.1) is 26.7 Å². The first-order valence-electron chi connectivity index (χ1n) is 9.07. The number of hydrogen-bond acceptors (Lipinski definition) is 3. The fraction of sp³-hybridized carbons (Fsp3) is 0.571. The molecule has 1 aromatic heterocycles. The van der Waals surface area contributed by atoms with Crippen LogP contribution in [-0.4, -0.2) is 18.2 Å². The fourth-order valence-electron chi connectivity index (χ4n) is 3.12. The Kier molecular flexibility index (Phi) is 7.04. The second-order valence-corrected chi connectivity index (χ2v) is 6.83. The summed E-state index contributed by atoms with van der Waals surface area (Å²) in [5, 5.41) is 0. The van der Waals surface area contributed by atoms with Crippen molar-refractivity contribution < 1.29 is 9.15 Å². The van der Waals surface area contributed by atoms with Gasteiger partial charge in [0.15, 0.2) is 0 Å². The summed E-state index contributed by atoms with van der Waals surface area (Å²) in [4.78, 5) is 4.34. The van der Waals surface area contributed by atoms with Gasteiger partial charge in [-0.25, -0.2) is 4.98 Å². The molecule has 1 saturated carbocycles. The molecule has 0 radical (unpaired) electrons. The summed E-state index contributed by atoms with van der Waals surface area (Å²) in [7, 11) is 1.84. The van der Waals surface area contributed by atoms with Gasteiger partial charge in [0.25, 0.3) is 0 Å². The van der Waals surface area contributed by atoms with Crippen molar-refractivity contribution in [1.29, 1.82) is 0 Å². The Bertz CT molecular complexity index is 586. The van der Waals surface area contributed by atoms with E-state index in [2.05, 4.69) is 31.0 Å². The molecule has 2 unspecified atom stereocenters. The largest absolute Gasteiger partial charge is 0.441 e. The number of benzene rings is 1. The van der Waals surface area contributed by atoms with E-state index in [0.717, 1.165) is 22.9 Å². The highest BCUT2D eigenvalue weighted by Crippen LogP contribution is 2.27. The van der Waals surface area contributed by atoms with Gasteiger partial charge in [-0.3, -0.25) is 0 Å². The van der Waals surface area contributed by atoms with E-state index >= 15 is 0 Å². The maximum absolute atomic E-state index is 5.53. The lowest BCUT2D eigenvalue weighted by molar-refractivity contribution is 0.0500. The van der Waals surface area contributed by atoms with Crippen molar-refractivity contribution in [2.45, 2.75) is 65.9 Å². The number of aryl methyl sites for hydroxylation is 3. The minimum Gasteiger partial charge on any atom is -0.441 e. The van der Waals surface area contributed by atoms with Crippen LogP contribution in [0.2, 0.25) is 0 Å². The van der Waals surface area contributed by atoms with E-state index in [1.54, 1.807) is 0 Å². The highest BCUT2D eigenvalue weighted by molar-refractivity contribution is 5.54. The first kappa shape index (κ1) is 18.7. The summed E-state index contributed by atoms with van der Waals surface area (Å²) in [6, 6.07) is 8.18. The van der Waals surface area contributed by atoms with Gasteiger partial charge in [0, 0.05) is 12.7 Å². The highest BCUT2D eigenvalue weighted by atomic mass is 16.5. The minimum absolute atomic E-state index is 0.568. The van der Waals surface area contributed by atoms with Crippen molar-refractivity contribution in [3.05, 3.63) is 41.3 Å². The first-order chi connectivity index (χ1) is 11.5. The Morgan fingerprint density at radius 3 is 2.38 bits per heavy atom. The second-order valence-electron chi connectivity index (χ2n) is 6.83. The van der Waals surface area contributed by atoms with Crippen molar-refractivity contribution in [3.8, 4) is 11.5 Å².